The molecule has 12 heteroatoms. The number of nitrogens with zero attached hydrogens (tertiary/aromatic N) is 5. The molecule has 6 rings (SSSR count). The van der Waals surface area contributed by atoms with E-state index < -0.39 is 0 Å². The molecule has 0 aliphatic rings. The second kappa shape index (κ2) is 12.4. The fraction of sp³-hybridized carbons (Fsp3) is 0. The highest BCUT2D eigenvalue weighted by atomic mass is 79.9. The lowest BCUT2D eigenvalue weighted by Crippen LogP contribution is -2.05. The molecule has 0 spiro atoms. The van der Waals surface area contributed by atoms with Gasteiger partial charge in [-0.2, -0.15) is 15.0 Å². The molecule has 0 aliphatic heterocycles. The van der Waals surface area contributed by atoms with Crippen molar-refractivity contribution in [3.63, 3.8) is 0 Å². The minimum Gasteiger partial charge on any atom is -0.506 e. The van der Waals surface area contributed by atoms with Gasteiger partial charge in [0.05, 0.1) is 20.4 Å². The Balaban J connectivity index is 1.27. The number of benzene rings is 4. The van der Waals surface area contributed by atoms with Crippen LogP contribution in [0.25, 0.3) is 10.2 Å². The quantitative estimate of drug-likeness (QED) is 0.135. The smallest absolute Gasteiger partial charge is 0.233 e. The van der Waals surface area contributed by atoms with Crippen molar-refractivity contribution in [1.29, 1.82) is 0 Å². The summed E-state index contributed by atoms with van der Waals surface area (Å²) in [5.74, 6) is 0.980. The number of para-hydroxylation sites is 2. The number of aliphatic imine (C=N–C) groups is 1. The predicted octanol–water partition coefficient (Wildman–Crippen LogP) is 9.10. The molecule has 0 radical (unpaired) electrons. The molecule has 6 aromatic rings. The third-order valence-corrected chi connectivity index (χ3v) is 8.62. The van der Waals surface area contributed by atoms with E-state index in [4.69, 9.17) is 4.98 Å². The number of phenols is 1. The summed E-state index contributed by atoms with van der Waals surface area (Å²) in [4.78, 5) is 23.2. The number of fused-ring (bicyclic) bond motifs is 1. The van der Waals surface area contributed by atoms with Gasteiger partial charge < -0.3 is 15.7 Å². The number of aromatic hydroxyl groups is 1. The van der Waals surface area contributed by atoms with Crippen molar-refractivity contribution in [3.05, 3.63) is 106 Å². The number of nitrogens with one attached hydrogen (secondary N) is 2. The standard InChI is InChI=1S/C29H19Br2N7OS2/c30-18-13-17(25(39)22(31)14-18)16-32-21-11-12-23-24(15-21)40-29(35-23)41-28-37-26(33-19-7-3-1-4-8-19)36-27(38-28)34-20-9-5-2-6-10-20/h1-16,39H,(H2,33,34,36,37,38). The van der Waals surface area contributed by atoms with E-state index in [1.165, 1.54) is 23.1 Å². The van der Waals surface area contributed by atoms with E-state index in [0.717, 1.165) is 36.1 Å². The van der Waals surface area contributed by atoms with Crippen LogP contribution in [0.5, 0.6) is 5.75 Å². The van der Waals surface area contributed by atoms with Gasteiger partial charge in [0.15, 0.2) is 4.34 Å². The molecule has 0 saturated carbocycles. The maximum atomic E-state index is 10.3. The summed E-state index contributed by atoms with van der Waals surface area (Å²) in [5, 5.41) is 17.3. The van der Waals surface area contributed by atoms with E-state index in [1.807, 2.05) is 78.9 Å². The Labute approximate surface area is 260 Å². The molecule has 8 nitrogen and oxygen atoms in total. The van der Waals surface area contributed by atoms with E-state index in [9.17, 15) is 5.11 Å². The van der Waals surface area contributed by atoms with Crippen molar-refractivity contribution < 1.29 is 5.11 Å². The SMILES string of the molecule is Oc1c(Br)cc(Br)cc1C=Nc1ccc2nc(Sc3nc(Nc4ccccc4)nc(Nc4ccccc4)n3)sc2c1. The molecule has 4 aromatic carbocycles. The number of hydrogen-bond donors (Lipinski definition) is 3. The topological polar surface area (TPSA) is 108 Å². The van der Waals surface area contributed by atoms with E-state index in [2.05, 4.69) is 62.4 Å². The molecule has 0 fully saturated rings. The van der Waals surface area contributed by atoms with Crippen LogP contribution < -0.4 is 10.6 Å². The minimum atomic E-state index is 0.133. The molecule has 0 atom stereocenters. The molecule has 0 unspecified atom stereocenters. The molecule has 0 bridgehead atoms. The zero-order valence-corrected chi connectivity index (χ0v) is 25.8. The average Bonchev–Trinajstić information content (AvgIpc) is 3.36. The van der Waals surface area contributed by atoms with E-state index in [-0.39, 0.29) is 5.75 Å². The Bertz CT molecular complexity index is 1810. The van der Waals surface area contributed by atoms with Gasteiger partial charge in [-0.3, -0.25) is 4.99 Å². The summed E-state index contributed by atoms with van der Waals surface area (Å²) in [7, 11) is 0. The van der Waals surface area contributed by atoms with Gasteiger partial charge in [-0.1, -0.05) is 52.3 Å². The second-order valence-electron chi connectivity index (χ2n) is 8.56. The Kier molecular flexibility index (Phi) is 8.23. The van der Waals surface area contributed by atoms with Gasteiger partial charge in [-0.05, 0) is 82.3 Å². The normalized spacial score (nSPS) is 11.3. The molecule has 0 amide bonds. The van der Waals surface area contributed by atoms with Crippen LogP contribution in [0.4, 0.5) is 29.0 Å². The molecule has 0 saturated heterocycles. The first-order chi connectivity index (χ1) is 20.0. The third-order valence-electron chi connectivity index (χ3n) is 5.62. The molecular formula is C29H19Br2N7OS2. The third kappa shape index (κ3) is 6.91. The fourth-order valence-electron chi connectivity index (χ4n) is 3.74. The Morgan fingerprint density at radius 2 is 1.44 bits per heavy atom. The number of hydrogen-bond acceptors (Lipinski definition) is 10. The number of halogens is 2. The summed E-state index contributed by atoms with van der Waals surface area (Å²) in [6.45, 7) is 0. The first-order valence-electron chi connectivity index (χ1n) is 12.2. The molecule has 2 aromatic heterocycles. The highest BCUT2D eigenvalue weighted by molar-refractivity contribution is 9.11. The van der Waals surface area contributed by atoms with Crippen molar-refractivity contribution in [3.8, 4) is 5.75 Å². The summed E-state index contributed by atoms with van der Waals surface area (Å²) >= 11 is 9.69. The van der Waals surface area contributed by atoms with Crippen LogP contribution in [0.2, 0.25) is 0 Å². The van der Waals surface area contributed by atoms with E-state index in [0.29, 0.717) is 27.1 Å². The van der Waals surface area contributed by atoms with Gasteiger partial charge in [-0.15, -0.1) is 11.3 Å². The van der Waals surface area contributed by atoms with Crippen LogP contribution in [0, 0.1) is 0 Å². The van der Waals surface area contributed by atoms with Crippen LogP contribution in [0.3, 0.4) is 0 Å². The highest BCUT2D eigenvalue weighted by Gasteiger charge is 2.13. The highest BCUT2D eigenvalue weighted by Crippen LogP contribution is 2.36. The second-order valence-corrected chi connectivity index (χ2v) is 12.6. The van der Waals surface area contributed by atoms with E-state index in [1.54, 1.807) is 18.3 Å². The first kappa shape index (κ1) is 27.3. The number of aromatic nitrogens is 4. The largest absolute Gasteiger partial charge is 0.506 e. The number of thiazole rings is 1. The Morgan fingerprint density at radius 3 is 2.10 bits per heavy atom. The van der Waals surface area contributed by atoms with Crippen LogP contribution >= 0.6 is 55.0 Å². The Morgan fingerprint density at radius 1 is 0.780 bits per heavy atom. The van der Waals surface area contributed by atoms with Crippen molar-refractivity contribution in [2.75, 3.05) is 10.6 Å². The maximum absolute atomic E-state index is 10.3. The summed E-state index contributed by atoms with van der Waals surface area (Å²) in [5.41, 5.74) is 3.94. The molecule has 2 heterocycles. The molecule has 41 heavy (non-hydrogen) atoms. The lowest BCUT2D eigenvalue weighted by Gasteiger charge is -2.09. The maximum Gasteiger partial charge on any atom is 0.233 e. The van der Waals surface area contributed by atoms with Gasteiger partial charge >= 0.3 is 0 Å². The summed E-state index contributed by atoms with van der Waals surface area (Å²) in [6.07, 6.45) is 1.63. The molecule has 3 N–H and O–H groups in total. The van der Waals surface area contributed by atoms with Crippen LogP contribution in [0.15, 0.2) is 114 Å². The van der Waals surface area contributed by atoms with Gasteiger partial charge in [-0.25, -0.2) is 4.98 Å². The number of anilines is 4. The van der Waals surface area contributed by atoms with Crippen LogP contribution in [0.1, 0.15) is 5.56 Å². The fourth-order valence-corrected chi connectivity index (χ4v) is 6.95. The average molecular weight is 705 g/mol. The Hall–Kier alpha value is -3.84. The number of rotatable bonds is 8. The van der Waals surface area contributed by atoms with Crippen LogP contribution in [-0.4, -0.2) is 31.3 Å². The lowest BCUT2D eigenvalue weighted by atomic mass is 10.2. The van der Waals surface area contributed by atoms with Gasteiger partial charge in [0.1, 0.15) is 5.75 Å². The van der Waals surface area contributed by atoms with Crippen LogP contribution in [-0.2, 0) is 0 Å². The van der Waals surface area contributed by atoms with Crippen molar-refractivity contribution in [2.24, 2.45) is 4.99 Å². The monoisotopic (exact) mass is 703 g/mol. The lowest BCUT2D eigenvalue weighted by molar-refractivity contribution is 0.471. The molecule has 0 aliphatic carbocycles. The molecular weight excluding hydrogens is 686 g/mol. The van der Waals surface area contributed by atoms with Gasteiger partial charge in [0, 0.05) is 27.6 Å². The summed E-state index contributed by atoms with van der Waals surface area (Å²) < 4.78 is 3.19. The van der Waals surface area contributed by atoms with Crippen molar-refractivity contribution >= 4 is 100 Å². The molecule has 202 valence electrons. The van der Waals surface area contributed by atoms with Gasteiger partial charge in [0.25, 0.3) is 0 Å². The van der Waals surface area contributed by atoms with Gasteiger partial charge in [0.2, 0.25) is 17.1 Å². The summed E-state index contributed by atoms with van der Waals surface area (Å²) in [6, 6.07) is 28.9. The zero-order valence-electron chi connectivity index (χ0n) is 21.0. The number of phenolic OH excluding ortho intramolecular Hbond substituents is 1. The predicted molar refractivity (Wildman–Crippen MR) is 174 cm³/mol. The zero-order chi connectivity index (χ0) is 28.2. The van der Waals surface area contributed by atoms with Crippen molar-refractivity contribution in [1.82, 2.24) is 19.9 Å². The van der Waals surface area contributed by atoms with Crippen molar-refractivity contribution in [2.45, 2.75) is 9.50 Å². The van der Waals surface area contributed by atoms with E-state index >= 15 is 0 Å². The minimum absolute atomic E-state index is 0.133. The first-order valence-corrected chi connectivity index (χ1v) is 15.4.